The second-order valence-corrected chi connectivity index (χ2v) is 5.15. The molecule has 0 spiro atoms. The predicted molar refractivity (Wildman–Crippen MR) is 76.3 cm³/mol. The van der Waals surface area contributed by atoms with E-state index in [1.54, 1.807) is 6.07 Å². The first-order chi connectivity index (χ1) is 8.52. The molecule has 0 saturated heterocycles. The summed E-state index contributed by atoms with van der Waals surface area (Å²) < 4.78 is 0. The lowest BCUT2D eigenvalue weighted by Gasteiger charge is -2.11. The van der Waals surface area contributed by atoms with Gasteiger partial charge in [-0.15, -0.1) is 0 Å². The molecule has 1 unspecified atom stereocenters. The Balaban J connectivity index is 2.39. The highest BCUT2D eigenvalue weighted by Crippen LogP contribution is 2.19. The molecule has 18 heavy (non-hydrogen) atoms. The normalized spacial score (nSPS) is 12.2. The third-order valence-electron chi connectivity index (χ3n) is 2.59. The van der Waals surface area contributed by atoms with E-state index in [0.29, 0.717) is 23.1 Å². The quantitative estimate of drug-likeness (QED) is 0.845. The third-order valence-corrected chi connectivity index (χ3v) is 3.03. The third kappa shape index (κ3) is 5.25. The van der Waals surface area contributed by atoms with E-state index in [1.165, 1.54) is 0 Å². The summed E-state index contributed by atoms with van der Waals surface area (Å²) in [5.74, 6) is 0.0235. The van der Waals surface area contributed by atoms with Crippen molar-refractivity contribution in [2.24, 2.45) is 5.92 Å². The predicted octanol–water partition coefficient (Wildman–Crippen LogP) is 2.51. The van der Waals surface area contributed by atoms with E-state index in [9.17, 15) is 4.79 Å². The monoisotopic (exact) mass is 288 g/mol. The zero-order valence-electron chi connectivity index (χ0n) is 10.6. The minimum atomic E-state index is -0.0297. The zero-order valence-corrected chi connectivity index (χ0v) is 12.1. The Kier molecular flexibility index (Phi) is 6.47. The average molecular weight is 289 g/mol. The van der Waals surface area contributed by atoms with Gasteiger partial charge in [0.05, 0.1) is 0 Å². The fourth-order valence-corrected chi connectivity index (χ4v) is 2.23. The Morgan fingerprint density at radius 3 is 2.44 bits per heavy atom. The number of hydrogen-bond donors (Lipinski definition) is 2. The van der Waals surface area contributed by atoms with Gasteiger partial charge in [-0.1, -0.05) is 30.1 Å². The SMILES string of the molecule is CNCC(C)C(=O)NCCc1cc(Cl)cc(Cl)c1. The van der Waals surface area contributed by atoms with Gasteiger partial charge in [0, 0.05) is 29.1 Å². The first-order valence-electron chi connectivity index (χ1n) is 5.90. The van der Waals surface area contributed by atoms with Gasteiger partial charge in [-0.05, 0) is 37.2 Å². The van der Waals surface area contributed by atoms with Gasteiger partial charge in [-0.3, -0.25) is 4.79 Å². The minimum absolute atomic E-state index is 0.0297. The van der Waals surface area contributed by atoms with Gasteiger partial charge in [0.25, 0.3) is 0 Å². The van der Waals surface area contributed by atoms with Gasteiger partial charge < -0.3 is 10.6 Å². The Labute approximate surface area is 118 Å². The topological polar surface area (TPSA) is 41.1 Å². The van der Waals surface area contributed by atoms with Gasteiger partial charge in [0.2, 0.25) is 5.91 Å². The number of carbonyl (C=O) groups is 1. The van der Waals surface area contributed by atoms with E-state index in [2.05, 4.69) is 10.6 Å². The number of hydrogen-bond acceptors (Lipinski definition) is 2. The van der Waals surface area contributed by atoms with Gasteiger partial charge in [-0.25, -0.2) is 0 Å². The van der Waals surface area contributed by atoms with Crippen LogP contribution in [0.25, 0.3) is 0 Å². The molecular weight excluding hydrogens is 271 g/mol. The maximum Gasteiger partial charge on any atom is 0.224 e. The van der Waals surface area contributed by atoms with E-state index in [-0.39, 0.29) is 11.8 Å². The molecular formula is C13H18Cl2N2O. The number of halogens is 2. The van der Waals surface area contributed by atoms with Crippen molar-refractivity contribution >= 4 is 29.1 Å². The summed E-state index contributed by atoms with van der Waals surface area (Å²) in [5, 5.41) is 7.10. The number of amides is 1. The van der Waals surface area contributed by atoms with Crippen LogP contribution in [-0.4, -0.2) is 26.0 Å². The van der Waals surface area contributed by atoms with Crippen molar-refractivity contribution in [1.29, 1.82) is 0 Å². The standard InChI is InChI=1S/C13H18Cl2N2O/c1-9(8-16-2)13(18)17-4-3-10-5-11(14)7-12(15)6-10/h5-7,9,16H,3-4,8H2,1-2H3,(H,17,18). The minimum Gasteiger partial charge on any atom is -0.355 e. The van der Waals surface area contributed by atoms with Crippen LogP contribution < -0.4 is 10.6 Å². The van der Waals surface area contributed by atoms with E-state index < -0.39 is 0 Å². The molecule has 0 aliphatic heterocycles. The van der Waals surface area contributed by atoms with Crippen LogP contribution in [0.3, 0.4) is 0 Å². The van der Waals surface area contributed by atoms with Gasteiger partial charge in [-0.2, -0.15) is 0 Å². The lowest BCUT2D eigenvalue weighted by molar-refractivity contribution is -0.124. The molecule has 0 fully saturated rings. The molecule has 0 bridgehead atoms. The Hall–Kier alpha value is -0.770. The number of benzene rings is 1. The molecule has 0 aliphatic rings. The smallest absolute Gasteiger partial charge is 0.224 e. The summed E-state index contributed by atoms with van der Waals surface area (Å²) in [6.07, 6.45) is 0.721. The van der Waals surface area contributed by atoms with Crippen molar-refractivity contribution in [2.75, 3.05) is 20.1 Å². The number of carbonyl (C=O) groups excluding carboxylic acids is 1. The first kappa shape index (κ1) is 15.3. The van der Waals surface area contributed by atoms with Crippen LogP contribution in [0.1, 0.15) is 12.5 Å². The Morgan fingerprint density at radius 2 is 1.89 bits per heavy atom. The lowest BCUT2D eigenvalue weighted by atomic mass is 10.1. The van der Waals surface area contributed by atoms with Gasteiger partial charge in [0.1, 0.15) is 0 Å². The first-order valence-corrected chi connectivity index (χ1v) is 6.66. The summed E-state index contributed by atoms with van der Waals surface area (Å²) in [4.78, 5) is 11.7. The van der Waals surface area contributed by atoms with Crippen LogP contribution in [-0.2, 0) is 11.2 Å². The van der Waals surface area contributed by atoms with Crippen LogP contribution in [0.5, 0.6) is 0 Å². The van der Waals surface area contributed by atoms with E-state index in [4.69, 9.17) is 23.2 Å². The van der Waals surface area contributed by atoms with Crippen LogP contribution in [0, 0.1) is 5.92 Å². The van der Waals surface area contributed by atoms with Crippen LogP contribution in [0.2, 0.25) is 10.0 Å². The highest BCUT2D eigenvalue weighted by molar-refractivity contribution is 6.34. The molecule has 2 N–H and O–H groups in total. The van der Waals surface area contributed by atoms with Crippen molar-refractivity contribution in [2.45, 2.75) is 13.3 Å². The van der Waals surface area contributed by atoms with Crippen molar-refractivity contribution in [3.05, 3.63) is 33.8 Å². The summed E-state index contributed by atoms with van der Waals surface area (Å²) in [6.45, 7) is 3.15. The van der Waals surface area contributed by atoms with Crippen molar-refractivity contribution in [3.8, 4) is 0 Å². The largest absolute Gasteiger partial charge is 0.355 e. The molecule has 0 aromatic heterocycles. The van der Waals surface area contributed by atoms with Crippen molar-refractivity contribution < 1.29 is 4.79 Å². The molecule has 0 heterocycles. The molecule has 0 saturated carbocycles. The molecule has 1 atom stereocenters. The van der Waals surface area contributed by atoms with Crippen molar-refractivity contribution in [3.63, 3.8) is 0 Å². The zero-order chi connectivity index (χ0) is 13.5. The molecule has 100 valence electrons. The maximum atomic E-state index is 11.7. The van der Waals surface area contributed by atoms with Crippen LogP contribution in [0.4, 0.5) is 0 Å². The van der Waals surface area contributed by atoms with Crippen LogP contribution >= 0.6 is 23.2 Å². The summed E-state index contributed by atoms with van der Waals surface area (Å²) in [5.41, 5.74) is 1.02. The van der Waals surface area contributed by atoms with Gasteiger partial charge in [0.15, 0.2) is 0 Å². The Morgan fingerprint density at radius 1 is 1.28 bits per heavy atom. The highest BCUT2D eigenvalue weighted by Gasteiger charge is 2.10. The van der Waals surface area contributed by atoms with Gasteiger partial charge >= 0.3 is 0 Å². The molecule has 0 radical (unpaired) electrons. The highest BCUT2D eigenvalue weighted by atomic mass is 35.5. The summed E-state index contributed by atoms with van der Waals surface area (Å²) >= 11 is 11.8. The fourth-order valence-electron chi connectivity index (χ4n) is 1.66. The molecule has 1 aromatic rings. The molecule has 5 heteroatoms. The molecule has 1 amide bonds. The molecule has 1 rings (SSSR count). The van der Waals surface area contributed by atoms with Crippen LogP contribution in [0.15, 0.2) is 18.2 Å². The molecule has 1 aromatic carbocycles. The fraction of sp³-hybridized carbons (Fsp3) is 0.462. The van der Waals surface area contributed by atoms with E-state index in [1.807, 2.05) is 26.1 Å². The summed E-state index contributed by atoms with van der Waals surface area (Å²) in [7, 11) is 1.83. The maximum absolute atomic E-state index is 11.7. The second-order valence-electron chi connectivity index (χ2n) is 4.28. The van der Waals surface area contributed by atoms with E-state index >= 15 is 0 Å². The second kappa shape index (κ2) is 7.62. The van der Waals surface area contributed by atoms with E-state index in [0.717, 1.165) is 12.0 Å². The van der Waals surface area contributed by atoms with Crippen molar-refractivity contribution in [1.82, 2.24) is 10.6 Å². The number of rotatable bonds is 6. The lowest BCUT2D eigenvalue weighted by Crippen LogP contribution is -2.35. The average Bonchev–Trinajstić information content (AvgIpc) is 2.27. The molecule has 0 aliphatic carbocycles. The summed E-state index contributed by atoms with van der Waals surface area (Å²) in [6, 6.07) is 5.41. The molecule has 3 nitrogen and oxygen atoms in total. The Bertz CT molecular complexity index is 390. The number of nitrogens with one attached hydrogen (secondary N) is 2.